The number of aromatic nitrogens is 4. The molecular formula is C10H11N5O. The minimum atomic E-state index is -0.162. The van der Waals surface area contributed by atoms with E-state index < -0.39 is 0 Å². The van der Waals surface area contributed by atoms with Crippen molar-refractivity contribution in [1.29, 1.82) is 0 Å². The Hall–Kier alpha value is -2.24. The zero-order valence-electron chi connectivity index (χ0n) is 8.79. The molecule has 0 atom stereocenters. The lowest BCUT2D eigenvalue weighted by Gasteiger charge is -2.15. The van der Waals surface area contributed by atoms with E-state index in [4.69, 9.17) is 0 Å². The first-order valence-corrected chi connectivity index (χ1v) is 4.77. The first kappa shape index (κ1) is 10.3. The summed E-state index contributed by atoms with van der Waals surface area (Å²) in [5.41, 5.74) is 1.34. The monoisotopic (exact) mass is 217 g/mol. The molecule has 82 valence electrons. The average Bonchev–Trinajstić information content (AvgIpc) is 2.83. The third-order valence-corrected chi connectivity index (χ3v) is 2.15. The predicted molar refractivity (Wildman–Crippen MR) is 56.4 cm³/mol. The van der Waals surface area contributed by atoms with Gasteiger partial charge in [0.15, 0.2) is 5.69 Å². The Balaban J connectivity index is 2.04. The normalized spacial score (nSPS) is 10.1. The van der Waals surface area contributed by atoms with Gasteiger partial charge >= 0.3 is 0 Å². The number of aromatic amines is 1. The Morgan fingerprint density at radius 3 is 2.81 bits per heavy atom. The van der Waals surface area contributed by atoms with Gasteiger partial charge in [-0.15, -0.1) is 0 Å². The summed E-state index contributed by atoms with van der Waals surface area (Å²) in [6.07, 6.45) is 4.80. The highest BCUT2D eigenvalue weighted by Gasteiger charge is 2.14. The number of nitrogens with zero attached hydrogens (tertiary/aromatic N) is 4. The Kier molecular flexibility index (Phi) is 2.90. The summed E-state index contributed by atoms with van der Waals surface area (Å²) < 4.78 is 0. The summed E-state index contributed by atoms with van der Waals surface area (Å²) in [6.45, 7) is 0.522. The lowest BCUT2D eigenvalue weighted by atomic mass is 10.2. The van der Waals surface area contributed by atoms with Crippen molar-refractivity contribution in [3.05, 3.63) is 42.0 Å². The molecule has 0 aliphatic heterocycles. The standard InChI is InChI=1S/C10H11N5O/c1-15(7-8-2-4-11-5-3-8)10(16)9-6-12-14-13-9/h2-6H,7H2,1H3,(H,12,13,14). The van der Waals surface area contributed by atoms with Crippen molar-refractivity contribution in [2.75, 3.05) is 7.05 Å². The van der Waals surface area contributed by atoms with Gasteiger partial charge in [0, 0.05) is 26.0 Å². The van der Waals surface area contributed by atoms with Gasteiger partial charge < -0.3 is 4.90 Å². The van der Waals surface area contributed by atoms with Crippen molar-refractivity contribution in [3.63, 3.8) is 0 Å². The first-order valence-electron chi connectivity index (χ1n) is 4.77. The molecule has 2 heterocycles. The van der Waals surface area contributed by atoms with Gasteiger partial charge in [-0.1, -0.05) is 0 Å². The number of hydrogen-bond donors (Lipinski definition) is 1. The fourth-order valence-electron chi connectivity index (χ4n) is 1.33. The summed E-state index contributed by atoms with van der Waals surface area (Å²) in [5, 5.41) is 9.75. The van der Waals surface area contributed by atoms with Crippen molar-refractivity contribution < 1.29 is 4.79 Å². The smallest absolute Gasteiger partial charge is 0.276 e. The molecule has 6 heteroatoms. The van der Waals surface area contributed by atoms with E-state index in [0.717, 1.165) is 5.56 Å². The number of H-pyrrole nitrogens is 1. The SMILES string of the molecule is CN(Cc1ccncc1)C(=O)c1cn[nH]n1. The third-order valence-electron chi connectivity index (χ3n) is 2.15. The van der Waals surface area contributed by atoms with Gasteiger partial charge in [0.1, 0.15) is 0 Å². The molecule has 0 spiro atoms. The zero-order valence-corrected chi connectivity index (χ0v) is 8.79. The number of amides is 1. The van der Waals surface area contributed by atoms with Crippen molar-refractivity contribution in [2.24, 2.45) is 0 Å². The molecular weight excluding hydrogens is 206 g/mol. The van der Waals surface area contributed by atoms with E-state index in [1.807, 2.05) is 12.1 Å². The molecule has 0 bridgehead atoms. The van der Waals surface area contributed by atoms with E-state index in [-0.39, 0.29) is 5.91 Å². The molecule has 2 aromatic rings. The zero-order chi connectivity index (χ0) is 11.4. The van der Waals surface area contributed by atoms with Crippen LogP contribution in [0.5, 0.6) is 0 Å². The van der Waals surface area contributed by atoms with Crippen LogP contribution in [0.4, 0.5) is 0 Å². The lowest BCUT2D eigenvalue weighted by Crippen LogP contribution is -2.26. The molecule has 0 saturated heterocycles. The molecule has 0 fully saturated rings. The van der Waals surface area contributed by atoms with Gasteiger partial charge in [-0.3, -0.25) is 9.78 Å². The second kappa shape index (κ2) is 4.52. The van der Waals surface area contributed by atoms with Crippen LogP contribution in [0.25, 0.3) is 0 Å². The van der Waals surface area contributed by atoms with Gasteiger partial charge in [0.05, 0.1) is 6.20 Å². The summed E-state index contributed by atoms with van der Waals surface area (Å²) in [5.74, 6) is -0.162. The molecule has 0 aliphatic carbocycles. The quantitative estimate of drug-likeness (QED) is 0.811. The van der Waals surface area contributed by atoms with E-state index in [1.54, 1.807) is 24.3 Å². The Morgan fingerprint density at radius 1 is 1.44 bits per heavy atom. The topological polar surface area (TPSA) is 74.8 Å². The maximum atomic E-state index is 11.8. The predicted octanol–water partition coefficient (Wildman–Crippen LogP) is 0.472. The molecule has 1 N–H and O–H groups in total. The van der Waals surface area contributed by atoms with E-state index in [9.17, 15) is 4.79 Å². The van der Waals surface area contributed by atoms with Crippen LogP contribution in [0.2, 0.25) is 0 Å². The molecule has 2 aromatic heterocycles. The maximum absolute atomic E-state index is 11.8. The largest absolute Gasteiger partial charge is 0.336 e. The second-order valence-electron chi connectivity index (χ2n) is 3.37. The van der Waals surface area contributed by atoms with Crippen LogP contribution >= 0.6 is 0 Å². The highest BCUT2D eigenvalue weighted by atomic mass is 16.2. The van der Waals surface area contributed by atoms with Crippen LogP contribution in [0.15, 0.2) is 30.7 Å². The van der Waals surface area contributed by atoms with Crippen LogP contribution in [-0.4, -0.2) is 38.2 Å². The fraction of sp³-hybridized carbons (Fsp3) is 0.200. The Bertz CT molecular complexity index is 453. The first-order chi connectivity index (χ1) is 7.77. The van der Waals surface area contributed by atoms with Crippen LogP contribution in [0.3, 0.4) is 0 Å². The van der Waals surface area contributed by atoms with Crippen molar-refractivity contribution >= 4 is 5.91 Å². The Labute approximate surface area is 92.3 Å². The molecule has 16 heavy (non-hydrogen) atoms. The van der Waals surface area contributed by atoms with Gasteiger partial charge in [-0.05, 0) is 17.7 Å². The van der Waals surface area contributed by atoms with Gasteiger partial charge in [0.25, 0.3) is 5.91 Å². The highest BCUT2D eigenvalue weighted by Crippen LogP contribution is 2.04. The van der Waals surface area contributed by atoms with E-state index in [0.29, 0.717) is 12.2 Å². The number of rotatable bonds is 3. The number of hydrogen-bond acceptors (Lipinski definition) is 4. The molecule has 0 aromatic carbocycles. The van der Waals surface area contributed by atoms with Crippen LogP contribution in [0, 0.1) is 0 Å². The summed E-state index contributed by atoms with van der Waals surface area (Å²) in [4.78, 5) is 17.3. The molecule has 0 unspecified atom stereocenters. The van der Waals surface area contributed by atoms with Gasteiger partial charge in [0.2, 0.25) is 0 Å². The van der Waals surface area contributed by atoms with Gasteiger partial charge in [-0.2, -0.15) is 15.4 Å². The van der Waals surface area contributed by atoms with E-state index in [2.05, 4.69) is 20.4 Å². The number of pyridine rings is 1. The minimum Gasteiger partial charge on any atom is -0.336 e. The van der Waals surface area contributed by atoms with Crippen LogP contribution in [0.1, 0.15) is 16.1 Å². The number of nitrogens with one attached hydrogen (secondary N) is 1. The Morgan fingerprint density at radius 2 is 2.19 bits per heavy atom. The average molecular weight is 217 g/mol. The number of carbonyl (C=O) groups is 1. The van der Waals surface area contributed by atoms with Gasteiger partial charge in [-0.25, -0.2) is 0 Å². The van der Waals surface area contributed by atoms with E-state index in [1.165, 1.54) is 6.20 Å². The molecule has 6 nitrogen and oxygen atoms in total. The van der Waals surface area contributed by atoms with E-state index >= 15 is 0 Å². The molecule has 0 radical (unpaired) electrons. The second-order valence-corrected chi connectivity index (χ2v) is 3.37. The lowest BCUT2D eigenvalue weighted by molar-refractivity contribution is 0.0779. The minimum absolute atomic E-state index is 0.162. The highest BCUT2D eigenvalue weighted by molar-refractivity contribution is 5.91. The molecule has 0 aliphatic rings. The van der Waals surface area contributed by atoms with Crippen molar-refractivity contribution in [1.82, 2.24) is 25.3 Å². The maximum Gasteiger partial charge on any atom is 0.276 e. The molecule has 0 saturated carbocycles. The third kappa shape index (κ3) is 2.22. The molecule has 1 amide bonds. The van der Waals surface area contributed by atoms with Crippen LogP contribution in [-0.2, 0) is 6.54 Å². The van der Waals surface area contributed by atoms with Crippen LogP contribution < -0.4 is 0 Å². The number of carbonyl (C=O) groups excluding carboxylic acids is 1. The summed E-state index contributed by atoms with van der Waals surface area (Å²) in [7, 11) is 1.72. The summed E-state index contributed by atoms with van der Waals surface area (Å²) in [6, 6.07) is 3.74. The van der Waals surface area contributed by atoms with Crippen molar-refractivity contribution in [3.8, 4) is 0 Å². The molecule has 2 rings (SSSR count). The summed E-state index contributed by atoms with van der Waals surface area (Å²) >= 11 is 0. The van der Waals surface area contributed by atoms with Crippen molar-refractivity contribution in [2.45, 2.75) is 6.54 Å². The fourth-order valence-corrected chi connectivity index (χ4v) is 1.33.